The van der Waals surface area contributed by atoms with Gasteiger partial charge in [0.25, 0.3) is 6.43 Å². The number of pyridine rings is 1. The van der Waals surface area contributed by atoms with E-state index in [1.807, 2.05) is 0 Å². The van der Waals surface area contributed by atoms with E-state index >= 15 is 0 Å². The average Bonchev–Trinajstić information content (AvgIpc) is 2.21. The molecule has 0 unspecified atom stereocenters. The number of hydrogen-bond donors (Lipinski definition) is 0. The van der Waals surface area contributed by atoms with Crippen LogP contribution in [-0.4, -0.2) is 17.6 Å². The Labute approximate surface area is 109 Å². The number of hydrogen-bond acceptors (Lipinski definition) is 3. The molecule has 1 heterocycles. The van der Waals surface area contributed by atoms with E-state index in [-0.39, 0.29) is 20.8 Å². The molecule has 0 aliphatic heterocycles. The Kier molecular flexibility index (Phi) is 4.85. The maximum absolute atomic E-state index is 12.4. The SMILES string of the molecule is CCOC(=O)c1cnc(C(F)F)c(Cl)c1I. The molecule has 0 aliphatic carbocycles. The summed E-state index contributed by atoms with van der Waals surface area (Å²) >= 11 is 7.39. The molecule has 0 aliphatic rings. The Morgan fingerprint density at radius 2 is 2.31 bits per heavy atom. The van der Waals surface area contributed by atoms with E-state index in [9.17, 15) is 13.6 Å². The van der Waals surface area contributed by atoms with Gasteiger partial charge in [-0.05, 0) is 29.5 Å². The van der Waals surface area contributed by atoms with Gasteiger partial charge in [0.2, 0.25) is 0 Å². The monoisotopic (exact) mass is 361 g/mol. The number of carbonyl (C=O) groups excluding carboxylic acids is 1. The van der Waals surface area contributed by atoms with Crippen molar-refractivity contribution in [2.45, 2.75) is 13.3 Å². The predicted molar refractivity (Wildman–Crippen MR) is 62.9 cm³/mol. The summed E-state index contributed by atoms with van der Waals surface area (Å²) in [5.41, 5.74) is -0.434. The van der Waals surface area contributed by atoms with Crippen molar-refractivity contribution in [3.05, 3.63) is 26.0 Å². The second-order valence-electron chi connectivity index (χ2n) is 2.71. The van der Waals surface area contributed by atoms with Crippen LogP contribution < -0.4 is 0 Å². The van der Waals surface area contributed by atoms with Crippen LogP contribution in [-0.2, 0) is 4.74 Å². The minimum absolute atomic E-state index is 0.0943. The fourth-order valence-electron chi connectivity index (χ4n) is 0.981. The third kappa shape index (κ3) is 2.79. The van der Waals surface area contributed by atoms with Gasteiger partial charge in [-0.1, -0.05) is 11.6 Å². The van der Waals surface area contributed by atoms with Crippen LogP contribution in [0.15, 0.2) is 6.20 Å². The Bertz CT molecular complexity index is 415. The van der Waals surface area contributed by atoms with Gasteiger partial charge in [-0.15, -0.1) is 0 Å². The zero-order valence-electron chi connectivity index (χ0n) is 8.14. The van der Waals surface area contributed by atoms with Crippen molar-refractivity contribution in [1.29, 1.82) is 0 Å². The first-order chi connectivity index (χ1) is 7.49. The van der Waals surface area contributed by atoms with Gasteiger partial charge in [0.05, 0.1) is 17.2 Å². The molecule has 0 atom stereocenters. The Hall–Kier alpha value is -0.500. The lowest BCUT2D eigenvalue weighted by molar-refractivity contribution is 0.0524. The van der Waals surface area contributed by atoms with E-state index in [0.29, 0.717) is 0 Å². The second-order valence-corrected chi connectivity index (χ2v) is 4.16. The van der Waals surface area contributed by atoms with Gasteiger partial charge in [0, 0.05) is 9.77 Å². The van der Waals surface area contributed by atoms with Gasteiger partial charge in [0.15, 0.2) is 0 Å². The molecular formula is C9H7ClF2INO2. The fourth-order valence-corrected chi connectivity index (χ4v) is 1.85. The summed E-state index contributed by atoms with van der Waals surface area (Å²) in [5, 5.41) is -0.207. The minimum Gasteiger partial charge on any atom is -0.462 e. The summed E-state index contributed by atoms with van der Waals surface area (Å²) in [7, 11) is 0. The van der Waals surface area contributed by atoms with Crippen LogP contribution in [0.3, 0.4) is 0 Å². The molecule has 0 N–H and O–H groups in total. The average molecular weight is 362 g/mol. The molecule has 0 saturated heterocycles. The summed E-state index contributed by atoms with van der Waals surface area (Å²) in [6, 6.07) is 0. The van der Waals surface area contributed by atoms with Crippen LogP contribution >= 0.6 is 34.2 Å². The molecule has 0 saturated carbocycles. The highest BCUT2D eigenvalue weighted by molar-refractivity contribution is 14.1. The number of esters is 1. The van der Waals surface area contributed by atoms with E-state index in [1.54, 1.807) is 29.5 Å². The van der Waals surface area contributed by atoms with Crippen LogP contribution in [0.2, 0.25) is 5.02 Å². The molecule has 88 valence electrons. The number of alkyl halides is 2. The highest BCUT2D eigenvalue weighted by Gasteiger charge is 2.21. The van der Waals surface area contributed by atoms with Crippen LogP contribution in [0.4, 0.5) is 8.78 Å². The summed E-state index contributed by atoms with van der Waals surface area (Å²) < 4.78 is 29.8. The largest absolute Gasteiger partial charge is 0.462 e. The van der Waals surface area contributed by atoms with Crippen molar-refractivity contribution in [1.82, 2.24) is 4.98 Å². The maximum Gasteiger partial charge on any atom is 0.340 e. The van der Waals surface area contributed by atoms with Crippen LogP contribution in [0.5, 0.6) is 0 Å². The first kappa shape index (κ1) is 13.6. The van der Waals surface area contributed by atoms with Gasteiger partial charge in [-0.25, -0.2) is 13.6 Å². The highest BCUT2D eigenvalue weighted by atomic mass is 127. The van der Waals surface area contributed by atoms with E-state index in [1.165, 1.54) is 0 Å². The van der Waals surface area contributed by atoms with Crippen molar-refractivity contribution in [2.24, 2.45) is 0 Å². The van der Waals surface area contributed by atoms with Crippen molar-refractivity contribution in [3.8, 4) is 0 Å². The number of carbonyl (C=O) groups is 1. The molecule has 7 heteroatoms. The Balaban J connectivity index is 3.16. The first-order valence-electron chi connectivity index (χ1n) is 4.28. The minimum atomic E-state index is -2.77. The van der Waals surface area contributed by atoms with E-state index in [0.717, 1.165) is 6.20 Å². The molecule has 3 nitrogen and oxygen atoms in total. The fraction of sp³-hybridized carbons (Fsp3) is 0.333. The van der Waals surface area contributed by atoms with Crippen LogP contribution in [0.25, 0.3) is 0 Å². The number of halogens is 4. The topological polar surface area (TPSA) is 39.2 Å². The summed E-state index contributed by atoms with van der Waals surface area (Å²) in [5.74, 6) is -0.623. The number of rotatable bonds is 3. The molecule has 16 heavy (non-hydrogen) atoms. The third-order valence-corrected chi connectivity index (χ3v) is 3.51. The smallest absolute Gasteiger partial charge is 0.340 e. The van der Waals surface area contributed by atoms with E-state index < -0.39 is 18.1 Å². The van der Waals surface area contributed by atoms with Crippen molar-refractivity contribution in [3.63, 3.8) is 0 Å². The summed E-state index contributed by atoms with van der Waals surface area (Å²) in [6.45, 7) is 1.84. The van der Waals surface area contributed by atoms with E-state index in [2.05, 4.69) is 4.98 Å². The molecule has 1 aromatic heterocycles. The summed E-state index contributed by atoms with van der Waals surface area (Å²) in [6.07, 6.45) is -1.72. The van der Waals surface area contributed by atoms with Gasteiger partial charge in [-0.2, -0.15) is 0 Å². The standard InChI is InChI=1S/C9H7ClF2INO2/c1-2-16-9(15)4-3-14-7(8(11)12)5(10)6(4)13/h3,8H,2H2,1H3. The number of ether oxygens (including phenoxy) is 1. The lowest BCUT2D eigenvalue weighted by Crippen LogP contribution is -2.09. The number of aromatic nitrogens is 1. The molecule has 0 radical (unpaired) electrons. The lowest BCUT2D eigenvalue weighted by Gasteiger charge is -2.08. The second kappa shape index (κ2) is 5.72. The molecule has 0 bridgehead atoms. The first-order valence-corrected chi connectivity index (χ1v) is 5.73. The quantitative estimate of drug-likeness (QED) is 0.611. The normalized spacial score (nSPS) is 10.6. The Morgan fingerprint density at radius 1 is 1.69 bits per heavy atom. The van der Waals surface area contributed by atoms with Gasteiger partial charge in [-0.3, -0.25) is 4.98 Å². The van der Waals surface area contributed by atoms with Gasteiger partial charge < -0.3 is 4.74 Å². The summed E-state index contributed by atoms with van der Waals surface area (Å²) in [4.78, 5) is 14.8. The van der Waals surface area contributed by atoms with Crippen molar-refractivity contribution >= 4 is 40.2 Å². The molecule has 0 fully saturated rings. The molecular weight excluding hydrogens is 354 g/mol. The molecule has 0 aromatic carbocycles. The molecule has 0 spiro atoms. The highest BCUT2D eigenvalue weighted by Crippen LogP contribution is 2.30. The lowest BCUT2D eigenvalue weighted by atomic mass is 10.2. The van der Waals surface area contributed by atoms with Crippen molar-refractivity contribution < 1.29 is 18.3 Å². The van der Waals surface area contributed by atoms with Gasteiger partial charge >= 0.3 is 5.97 Å². The third-order valence-electron chi connectivity index (χ3n) is 1.69. The number of nitrogens with zero attached hydrogens (tertiary/aromatic N) is 1. The zero-order chi connectivity index (χ0) is 12.3. The predicted octanol–water partition coefficient (Wildman–Crippen LogP) is 3.45. The van der Waals surface area contributed by atoms with Crippen molar-refractivity contribution in [2.75, 3.05) is 6.61 Å². The molecule has 1 rings (SSSR count). The maximum atomic E-state index is 12.4. The van der Waals surface area contributed by atoms with Crippen LogP contribution in [0.1, 0.15) is 29.4 Å². The van der Waals surface area contributed by atoms with Crippen LogP contribution in [0, 0.1) is 3.57 Å². The van der Waals surface area contributed by atoms with E-state index in [4.69, 9.17) is 16.3 Å². The zero-order valence-corrected chi connectivity index (χ0v) is 11.1. The Morgan fingerprint density at radius 3 is 2.81 bits per heavy atom. The van der Waals surface area contributed by atoms with Gasteiger partial charge in [0.1, 0.15) is 5.69 Å². The molecule has 1 aromatic rings. The molecule has 0 amide bonds.